The summed E-state index contributed by atoms with van der Waals surface area (Å²) in [4.78, 5) is 22.5. The van der Waals surface area contributed by atoms with Crippen LogP contribution in [0.4, 0.5) is 0 Å². The molecule has 28 heavy (non-hydrogen) atoms. The number of benzene rings is 1. The van der Waals surface area contributed by atoms with Gasteiger partial charge in [0.25, 0.3) is 0 Å². The van der Waals surface area contributed by atoms with Gasteiger partial charge in [0, 0.05) is 56.6 Å². The topological polar surface area (TPSA) is 45.7 Å². The molecule has 0 N–H and O–H groups in total. The highest BCUT2D eigenvalue weighted by Crippen LogP contribution is 2.37. The summed E-state index contributed by atoms with van der Waals surface area (Å²) in [7, 11) is 0. The molecule has 2 fully saturated rings. The lowest BCUT2D eigenvalue weighted by molar-refractivity contribution is -0.143. The van der Waals surface area contributed by atoms with E-state index in [0.717, 1.165) is 61.3 Å². The quantitative estimate of drug-likeness (QED) is 0.727. The summed E-state index contributed by atoms with van der Waals surface area (Å²) < 4.78 is 6.63. The zero-order valence-electron chi connectivity index (χ0n) is 16.0. The van der Waals surface area contributed by atoms with Crippen LogP contribution in [0.2, 0.25) is 0 Å². The van der Waals surface area contributed by atoms with Gasteiger partial charge in [0.15, 0.2) is 0 Å². The van der Waals surface area contributed by atoms with E-state index in [1.807, 2.05) is 30.5 Å². The van der Waals surface area contributed by atoms with Crippen LogP contribution in [0.5, 0.6) is 0 Å². The second-order valence-corrected chi connectivity index (χ2v) is 8.51. The lowest BCUT2D eigenvalue weighted by Gasteiger charge is -2.43. The van der Waals surface area contributed by atoms with Crippen LogP contribution in [-0.2, 0) is 21.5 Å². The van der Waals surface area contributed by atoms with Gasteiger partial charge in [0.1, 0.15) is 0 Å². The first-order valence-corrected chi connectivity index (χ1v) is 10.7. The van der Waals surface area contributed by atoms with E-state index in [9.17, 15) is 4.79 Å². The van der Waals surface area contributed by atoms with Crippen LogP contribution in [-0.4, -0.2) is 60.1 Å². The number of amides is 1. The highest BCUT2D eigenvalue weighted by Gasteiger charge is 2.44. The predicted molar refractivity (Wildman–Crippen MR) is 112 cm³/mol. The predicted octanol–water partition coefficient (Wildman–Crippen LogP) is 3.24. The van der Waals surface area contributed by atoms with Crippen LogP contribution < -0.4 is 0 Å². The van der Waals surface area contributed by atoms with Crippen molar-refractivity contribution >= 4 is 21.8 Å². The number of pyridine rings is 1. The monoisotopic (exact) mass is 443 g/mol. The summed E-state index contributed by atoms with van der Waals surface area (Å²) in [6, 6.07) is 14.3. The standard InChI is InChI=1S/C22H26BrN3O2/c23-19-6-4-18(5-7-19)22(8-15-28-16-9-22)21(27)26-13-11-25(12-14-26)17-20-3-1-2-10-24-20/h1-7,10H,8-9,11-17H2. The van der Waals surface area contributed by atoms with E-state index in [0.29, 0.717) is 13.2 Å². The number of ether oxygens (including phenoxy) is 1. The normalized spacial score (nSPS) is 20.1. The zero-order chi connectivity index (χ0) is 19.4. The van der Waals surface area contributed by atoms with Gasteiger partial charge in [0.2, 0.25) is 5.91 Å². The van der Waals surface area contributed by atoms with Crippen molar-refractivity contribution in [1.82, 2.24) is 14.8 Å². The number of piperazine rings is 1. The molecule has 0 radical (unpaired) electrons. The summed E-state index contributed by atoms with van der Waals surface area (Å²) in [6.07, 6.45) is 3.34. The minimum Gasteiger partial charge on any atom is -0.381 e. The Labute approximate surface area is 174 Å². The van der Waals surface area contributed by atoms with E-state index in [4.69, 9.17) is 4.74 Å². The van der Waals surface area contributed by atoms with Gasteiger partial charge in [0.05, 0.1) is 11.1 Å². The van der Waals surface area contributed by atoms with E-state index >= 15 is 0 Å². The number of nitrogens with zero attached hydrogens (tertiary/aromatic N) is 3. The summed E-state index contributed by atoms with van der Waals surface area (Å²) in [5.74, 6) is 0.260. The molecule has 1 aromatic heterocycles. The summed E-state index contributed by atoms with van der Waals surface area (Å²) in [5.41, 5.74) is 1.74. The Morgan fingerprint density at radius 1 is 1.04 bits per heavy atom. The first-order chi connectivity index (χ1) is 13.7. The zero-order valence-corrected chi connectivity index (χ0v) is 17.6. The van der Waals surface area contributed by atoms with Crippen molar-refractivity contribution in [3.8, 4) is 0 Å². The Bertz CT molecular complexity index is 783. The van der Waals surface area contributed by atoms with E-state index in [1.165, 1.54) is 0 Å². The molecule has 148 valence electrons. The highest BCUT2D eigenvalue weighted by atomic mass is 79.9. The minimum absolute atomic E-state index is 0.260. The molecular formula is C22H26BrN3O2. The maximum atomic E-state index is 13.7. The van der Waals surface area contributed by atoms with Gasteiger partial charge in [-0.15, -0.1) is 0 Å². The number of halogens is 1. The SMILES string of the molecule is O=C(N1CCN(Cc2ccccn2)CC1)C1(c2ccc(Br)cc2)CCOCC1. The van der Waals surface area contributed by atoms with Crippen molar-refractivity contribution in [2.24, 2.45) is 0 Å². The maximum absolute atomic E-state index is 13.7. The number of hydrogen-bond acceptors (Lipinski definition) is 4. The van der Waals surface area contributed by atoms with Crippen molar-refractivity contribution in [3.63, 3.8) is 0 Å². The molecule has 2 aliphatic heterocycles. The lowest BCUT2D eigenvalue weighted by Crippen LogP contribution is -2.55. The fourth-order valence-electron chi connectivity index (χ4n) is 4.25. The summed E-state index contributed by atoms with van der Waals surface area (Å²) in [6.45, 7) is 5.43. The van der Waals surface area contributed by atoms with Crippen LogP contribution in [0.3, 0.4) is 0 Å². The molecule has 0 spiro atoms. The first kappa shape index (κ1) is 19.6. The van der Waals surface area contributed by atoms with E-state index < -0.39 is 5.41 Å². The summed E-state index contributed by atoms with van der Waals surface area (Å²) >= 11 is 3.50. The Balaban J connectivity index is 1.45. The third-order valence-electron chi connectivity index (χ3n) is 5.92. The van der Waals surface area contributed by atoms with Crippen molar-refractivity contribution in [2.45, 2.75) is 24.8 Å². The molecule has 4 rings (SSSR count). The summed E-state index contributed by atoms with van der Waals surface area (Å²) in [5, 5.41) is 0. The van der Waals surface area contributed by atoms with Gasteiger partial charge in [-0.25, -0.2) is 0 Å². The van der Waals surface area contributed by atoms with Gasteiger partial charge >= 0.3 is 0 Å². The van der Waals surface area contributed by atoms with Gasteiger partial charge in [-0.05, 0) is 42.7 Å². The van der Waals surface area contributed by atoms with Crippen molar-refractivity contribution in [1.29, 1.82) is 0 Å². The molecule has 2 saturated heterocycles. The minimum atomic E-state index is -0.456. The Morgan fingerprint density at radius 2 is 1.75 bits per heavy atom. The van der Waals surface area contributed by atoms with Gasteiger partial charge in [-0.1, -0.05) is 34.1 Å². The molecule has 1 amide bonds. The molecule has 0 saturated carbocycles. The Morgan fingerprint density at radius 3 is 2.39 bits per heavy atom. The second-order valence-electron chi connectivity index (χ2n) is 7.59. The number of carbonyl (C=O) groups is 1. The number of rotatable bonds is 4. The Hall–Kier alpha value is -1.76. The number of hydrogen-bond donors (Lipinski definition) is 0. The molecule has 0 atom stereocenters. The molecule has 0 aliphatic carbocycles. The van der Waals surface area contributed by atoms with Crippen LogP contribution in [0.1, 0.15) is 24.1 Å². The molecule has 6 heteroatoms. The fraction of sp³-hybridized carbons (Fsp3) is 0.455. The molecule has 2 aromatic rings. The maximum Gasteiger partial charge on any atom is 0.233 e. The smallest absolute Gasteiger partial charge is 0.233 e. The molecule has 1 aromatic carbocycles. The van der Waals surface area contributed by atoms with Crippen molar-refractivity contribution in [3.05, 3.63) is 64.4 Å². The van der Waals surface area contributed by atoms with E-state index in [-0.39, 0.29) is 5.91 Å². The average Bonchev–Trinajstić information content (AvgIpc) is 2.75. The fourth-order valence-corrected chi connectivity index (χ4v) is 4.51. The van der Waals surface area contributed by atoms with Gasteiger partial charge < -0.3 is 9.64 Å². The Kier molecular flexibility index (Phi) is 6.09. The first-order valence-electron chi connectivity index (χ1n) is 9.93. The second kappa shape index (κ2) is 8.72. The van der Waals surface area contributed by atoms with E-state index in [1.54, 1.807) is 0 Å². The molecule has 3 heterocycles. The molecular weight excluding hydrogens is 418 g/mol. The third-order valence-corrected chi connectivity index (χ3v) is 6.45. The van der Waals surface area contributed by atoms with E-state index in [2.05, 4.69) is 48.9 Å². The van der Waals surface area contributed by atoms with Crippen molar-refractivity contribution < 1.29 is 9.53 Å². The lowest BCUT2D eigenvalue weighted by atomic mass is 9.73. The molecule has 5 nitrogen and oxygen atoms in total. The van der Waals surface area contributed by atoms with Crippen LogP contribution in [0.15, 0.2) is 53.1 Å². The third kappa shape index (κ3) is 4.14. The number of aromatic nitrogens is 1. The van der Waals surface area contributed by atoms with Crippen LogP contribution >= 0.6 is 15.9 Å². The molecule has 0 bridgehead atoms. The number of carbonyl (C=O) groups excluding carboxylic acids is 1. The molecule has 0 unspecified atom stereocenters. The van der Waals surface area contributed by atoms with Crippen molar-refractivity contribution in [2.75, 3.05) is 39.4 Å². The highest BCUT2D eigenvalue weighted by molar-refractivity contribution is 9.10. The van der Waals surface area contributed by atoms with Gasteiger partial charge in [-0.3, -0.25) is 14.7 Å². The average molecular weight is 444 g/mol. The van der Waals surface area contributed by atoms with Gasteiger partial charge in [-0.2, -0.15) is 0 Å². The van der Waals surface area contributed by atoms with Crippen LogP contribution in [0.25, 0.3) is 0 Å². The largest absolute Gasteiger partial charge is 0.381 e. The molecule has 2 aliphatic rings. The van der Waals surface area contributed by atoms with Crippen LogP contribution in [0, 0.1) is 0 Å².